The number of ether oxygens (including phenoxy) is 1. The molecule has 0 aliphatic heterocycles. The van der Waals surface area contributed by atoms with E-state index in [1.807, 2.05) is 54.3 Å². The SMILES string of the molecule is COc1cccc(-n2cc(CNc3cc(C)nn4cnnc34)cn2)c1. The van der Waals surface area contributed by atoms with Gasteiger partial charge in [-0.15, -0.1) is 10.2 Å². The minimum atomic E-state index is 0.621. The van der Waals surface area contributed by atoms with Gasteiger partial charge in [0.05, 0.1) is 30.4 Å². The molecule has 0 bridgehead atoms. The number of aryl methyl sites for hydroxylation is 1. The Morgan fingerprint density at radius 2 is 2.16 bits per heavy atom. The van der Waals surface area contributed by atoms with Gasteiger partial charge in [0.1, 0.15) is 12.1 Å². The molecule has 3 aromatic heterocycles. The summed E-state index contributed by atoms with van der Waals surface area (Å²) in [5.41, 5.74) is 4.48. The molecule has 0 fully saturated rings. The van der Waals surface area contributed by atoms with Gasteiger partial charge < -0.3 is 10.1 Å². The van der Waals surface area contributed by atoms with Gasteiger partial charge in [0, 0.05) is 24.4 Å². The summed E-state index contributed by atoms with van der Waals surface area (Å²) in [6, 6.07) is 9.73. The number of hydrogen-bond acceptors (Lipinski definition) is 6. The van der Waals surface area contributed by atoms with Crippen LogP contribution in [0, 0.1) is 6.92 Å². The lowest BCUT2D eigenvalue weighted by Crippen LogP contribution is -2.03. The maximum atomic E-state index is 5.26. The zero-order valence-electron chi connectivity index (χ0n) is 13.9. The highest BCUT2D eigenvalue weighted by Gasteiger charge is 2.07. The number of nitrogens with one attached hydrogen (secondary N) is 1. The Morgan fingerprint density at radius 1 is 1.24 bits per heavy atom. The van der Waals surface area contributed by atoms with Gasteiger partial charge in [-0.3, -0.25) is 0 Å². The number of fused-ring (bicyclic) bond motifs is 1. The first-order valence-corrected chi connectivity index (χ1v) is 7.82. The van der Waals surface area contributed by atoms with Crippen molar-refractivity contribution < 1.29 is 4.74 Å². The lowest BCUT2D eigenvalue weighted by molar-refractivity contribution is 0.414. The van der Waals surface area contributed by atoms with E-state index in [4.69, 9.17) is 4.74 Å². The molecule has 4 rings (SSSR count). The average molecular weight is 335 g/mol. The van der Waals surface area contributed by atoms with Gasteiger partial charge >= 0.3 is 0 Å². The summed E-state index contributed by atoms with van der Waals surface area (Å²) >= 11 is 0. The Hall–Kier alpha value is -3.42. The monoisotopic (exact) mass is 335 g/mol. The van der Waals surface area contributed by atoms with Crippen LogP contribution in [0.1, 0.15) is 11.3 Å². The van der Waals surface area contributed by atoms with Crippen LogP contribution in [0.3, 0.4) is 0 Å². The third kappa shape index (κ3) is 3.01. The standard InChI is InChI=1S/C17H17N7O/c1-12-6-16(17-21-19-11-24(17)22-12)18-8-13-9-20-23(10-13)14-4-3-5-15(7-14)25-2/h3-7,9-11,18H,8H2,1-2H3. The summed E-state index contributed by atoms with van der Waals surface area (Å²) in [6.07, 6.45) is 5.41. The van der Waals surface area contributed by atoms with Gasteiger partial charge in [0.2, 0.25) is 5.65 Å². The highest BCUT2D eigenvalue weighted by molar-refractivity contribution is 5.66. The topological polar surface area (TPSA) is 82.2 Å². The maximum Gasteiger partial charge on any atom is 0.200 e. The van der Waals surface area contributed by atoms with Crippen LogP contribution in [0.2, 0.25) is 0 Å². The van der Waals surface area contributed by atoms with Crippen LogP contribution in [-0.2, 0) is 6.54 Å². The van der Waals surface area contributed by atoms with Crippen LogP contribution in [0.15, 0.2) is 49.1 Å². The number of benzene rings is 1. The van der Waals surface area contributed by atoms with Crippen LogP contribution in [-0.4, -0.2) is 36.7 Å². The molecule has 4 aromatic rings. The number of anilines is 1. The fourth-order valence-electron chi connectivity index (χ4n) is 2.63. The molecule has 0 amide bonds. The molecule has 0 radical (unpaired) electrons. The summed E-state index contributed by atoms with van der Waals surface area (Å²) in [5.74, 6) is 0.800. The van der Waals surface area contributed by atoms with Crippen molar-refractivity contribution in [3.05, 3.63) is 60.3 Å². The van der Waals surface area contributed by atoms with Gasteiger partial charge in [-0.25, -0.2) is 4.68 Å². The molecule has 126 valence electrons. The van der Waals surface area contributed by atoms with Crippen LogP contribution < -0.4 is 10.1 Å². The molecular weight excluding hydrogens is 318 g/mol. The number of hydrogen-bond donors (Lipinski definition) is 1. The van der Waals surface area contributed by atoms with E-state index < -0.39 is 0 Å². The molecule has 0 unspecified atom stereocenters. The number of methoxy groups -OCH3 is 1. The van der Waals surface area contributed by atoms with Gasteiger partial charge in [-0.1, -0.05) is 6.07 Å². The second kappa shape index (κ2) is 6.23. The Balaban J connectivity index is 1.54. The van der Waals surface area contributed by atoms with Crippen LogP contribution in [0.25, 0.3) is 11.3 Å². The van der Waals surface area contributed by atoms with Gasteiger partial charge in [0.25, 0.3) is 0 Å². The maximum absolute atomic E-state index is 5.26. The molecule has 0 aliphatic rings. The summed E-state index contributed by atoms with van der Waals surface area (Å²) in [4.78, 5) is 0. The van der Waals surface area contributed by atoms with E-state index in [0.29, 0.717) is 12.2 Å². The number of rotatable bonds is 5. The van der Waals surface area contributed by atoms with Crippen molar-refractivity contribution in [2.45, 2.75) is 13.5 Å². The highest BCUT2D eigenvalue weighted by atomic mass is 16.5. The molecular formula is C17H17N7O. The molecule has 25 heavy (non-hydrogen) atoms. The minimum absolute atomic E-state index is 0.621. The lowest BCUT2D eigenvalue weighted by atomic mass is 10.3. The summed E-state index contributed by atoms with van der Waals surface area (Å²) < 4.78 is 8.75. The second-order valence-electron chi connectivity index (χ2n) is 5.65. The van der Waals surface area contributed by atoms with Gasteiger partial charge in [-0.05, 0) is 25.1 Å². The summed E-state index contributed by atoms with van der Waals surface area (Å²) in [6.45, 7) is 2.56. The van der Waals surface area contributed by atoms with E-state index in [1.54, 1.807) is 18.0 Å². The summed E-state index contributed by atoms with van der Waals surface area (Å²) in [7, 11) is 1.65. The van der Waals surface area contributed by atoms with Crippen molar-refractivity contribution in [2.24, 2.45) is 0 Å². The molecule has 1 aromatic carbocycles. The van der Waals surface area contributed by atoms with Crippen molar-refractivity contribution in [3.8, 4) is 11.4 Å². The molecule has 0 atom stereocenters. The molecule has 8 heteroatoms. The van der Waals surface area contributed by atoms with Crippen molar-refractivity contribution in [2.75, 3.05) is 12.4 Å². The molecule has 8 nitrogen and oxygen atoms in total. The number of aromatic nitrogens is 6. The molecule has 0 aliphatic carbocycles. The minimum Gasteiger partial charge on any atom is -0.497 e. The molecule has 0 saturated heterocycles. The Morgan fingerprint density at radius 3 is 3.04 bits per heavy atom. The number of nitrogens with zero attached hydrogens (tertiary/aromatic N) is 6. The van der Waals surface area contributed by atoms with Crippen LogP contribution >= 0.6 is 0 Å². The smallest absolute Gasteiger partial charge is 0.200 e. The van der Waals surface area contributed by atoms with Crippen molar-refractivity contribution in [1.82, 2.24) is 29.6 Å². The Bertz CT molecular complexity index is 1020. The lowest BCUT2D eigenvalue weighted by Gasteiger charge is -2.07. The highest BCUT2D eigenvalue weighted by Crippen LogP contribution is 2.18. The summed E-state index contributed by atoms with van der Waals surface area (Å²) in [5, 5.41) is 20.1. The zero-order chi connectivity index (χ0) is 17.2. The first-order valence-electron chi connectivity index (χ1n) is 7.82. The molecule has 3 heterocycles. The van der Waals surface area contributed by atoms with E-state index in [9.17, 15) is 0 Å². The first-order chi connectivity index (χ1) is 12.2. The third-order valence-electron chi connectivity index (χ3n) is 3.83. The molecule has 0 saturated carbocycles. The van der Waals surface area contributed by atoms with E-state index in [1.165, 1.54) is 0 Å². The van der Waals surface area contributed by atoms with Crippen LogP contribution in [0.5, 0.6) is 5.75 Å². The third-order valence-corrected chi connectivity index (χ3v) is 3.83. The van der Waals surface area contributed by atoms with Crippen molar-refractivity contribution in [3.63, 3.8) is 0 Å². The van der Waals surface area contributed by atoms with E-state index in [0.717, 1.165) is 28.4 Å². The van der Waals surface area contributed by atoms with E-state index in [2.05, 4.69) is 25.7 Å². The van der Waals surface area contributed by atoms with Crippen LogP contribution in [0.4, 0.5) is 5.69 Å². The Kier molecular flexibility index (Phi) is 3.77. The average Bonchev–Trinajstić information content (AvgIpc) is 3.29. The fraction of sp³-hybridized carbons (Fsp3) is 0.176. The largest absolute Gasteiger partial charge is 0.497 e. The van der Waals surface area contributed by atoms with E-state index >= 15 is 0 Å². The van der Waals surface area contributed by atoms with Gasteiger partial charge in [0.15, 0.2) is 0 Å². The Labute approximate surface area is 144 Å². The fourth-order valence-corrected chi connectivity index (χ4v) is 2.63. The molecule has 0 spiro atoms. The van der Waals surface area contributed by atoms with Crippen molar-refractivity contribution >= 4 is 11.3 Å². The first kappa shape index (κ1) is 15.1. The normalized spacial score (nSPS) is 11.0. The van der Waals surface area contributed by atoms with Crippen molar-refractivity contribution in [1.29, 1.82) is 0 Å². The predicted molar refractivity (Wildman–Crippen MR) is 93.0 cm³/mol. The molecule has 1 N–H and O–H groups in total. The predicted octanol–water partition coefficient (Wildman–Crippen LogP) is 2.24. The zero-order valence-corrected chi connectivity index (χ0v) is 13.9. The quantitative estimate of drug-likeness (QED) is 0.602. The van der Waals surface area contributed by atoms with E-state index in [-0.39, 0.29) is 0 Å². The van der Waals surface area contributed by atoms with Gasteiger partial charge in [-0.2, -0.15) is 14.7 Å². The second-order valence-corrected chi connectivity index (χ2v) is 5.65.